The molecular weight excluding hydrogens is 346 g/mol. The predicted molar refractivity (Wildman–Crippen MR) is 39.4 cm³/mol. The van der Waals surface area contributed by atoms with Gasteiger partial charge < -0.3 is 0 Å². The Kier molecular flexibility index (Phi) is 5.13. The van der Waals surface area contributed by atoms with E-state index in [1.54, 1.807) is 0 Å². The van der Waals surface area contributed by atoms with Gasteiger partial charge in [-0.15, -0.1) is 0 Å². The minimum Gasteiger partial charge on any atom is -0.180 e. The van der Waals surface area contributed by atoms with Gasteiger partial charge in [-0.2, -0.15) is 35.4 Å². The summed E-state index contributed by atoms with van der Waals surface area (Å²) in [6, 6.07) is 9.29. The van der Waals surface area contributed by atoms with E-state index in [0.717, 1.165) is 6.42 Å². The maximum absolute atomic E-state index is 3.19. The molecule has 0 aliphatic carbocycles. The van der Waals surface area contributed by atoms with Gasteiger partial charge in [0, 0.05) is 31.1 Å². The van der Waals surface area contributed by atoms with Gasteiger partial charge in [0.2, 0.25) is 0 Å². The van der Waals surface area contributed by atoms with Gasteiger partial charge in [-0.1, -0.05) is 20.3 Å². The molecule has 1 heteroatoms. The SMILES string of the molecule is CCc1[c-]cccc1C.[U]. The van der Waals surface area contributed by atoms with Crippen LogP contribution in [-0.4, -0.2) is 0 Å². The van der Waals surface area contributed by atoms with Crippen molar-refractivity contribution >= 4 is 0 Å². The Labute approximate surface area is 86.4 Å². The fourth-order valence-electron chi connectivity index (χ4n) is 0.936. The quantitative estimate of drug-likeness (QED) is 0.677. The first-order chi connectivity index (χ1) is 4.34. The third-order valence-electron chi connectivity index (χ3n) is 1.53. The van der Waals surface area contributed by atoms with Gasteiger partial charge >= 0.3 is 0 Å². The van der Waals surface area contributed by atoms with Crippen LogP contribution in [0.4, 0.5) is 0 Å². The molecule has 1 aromatic carbocycles. The van der Waals surface area contributed by atoms with Crippen LogP contribution in [0.2, 0.25) is 0 Å². The Morgan fingerprint density at radius 2 is 2.20 bits per heavy atom. The van der Waals surface area contributed by atoms with E-state index in [1.165, 1.54) is 11.1 Å². The molecular formula is C9H11U-. The molecule has 0 saturated heterocycles. The number of aryl methyl sites for hydroxylation is 2. The molecule has 0 atom stereocenters. The summed E-state index contributed by atoms with van der Waals surface area (Å²) in [6.07, 6.45) is 1.09. The predicted octanol–water partition coefficient (Wildman–Crippen LogP) is 2.36. The Balaban J connectivity index is 0.000000810. The molecule has 0 aliphatic heterocycles. The zero-order chi connectivity index (χ0) is 6.69. The monoisotopic (exact) mass is 357 g/mol. The summed E-state index contributed by atoms with van der Waals surface area (Å²) < 4.78 is 0. The molecule has 0 fully saturated rings. The summed E-state index contributed by atoms with van der Waals surface area (Å²) in [5, 5.41) is 0. The van der Waals surface area contributed by atoms with Crippen molar-refractivity contribution < 1.29 is 31.1 Å². The van der Waals surface area contributed by atoms with Crippen LogP contribution in [-0.2, 0) is 6.42 Å². The average molecular weight is 357 g/mol. The zero-order valence-electron chi connectivity index (χ0n) is 6.44. The molecule has 0 unspecified atom stereocenters. The molecule has 0 aromatic heterocycles. The van der Waals surface area contributed by atoms with E-state index in [0.29, 0.717) is 0 Å². The molecule has 0 heterocycles. The van der Waals surface area contributed by atoms with Crippen molar-refractivity contribution in [2.24, 2.45) is 0 Å². The van der Waals surface area contributed by atoms with E-state index >= 15 is 0 Å². The molecule has 0 spiro atoms. The summed E-state index contributed by atoms with van der Waals surface area (Å²) in [5.41, 5.74) is 2.68. The first kappa shape index (κ1) is 10.3. The van der Waals surface area contributed by atoms with Crippen molar-refractivity contribution in [1.29, 1.82) is 0 Å². The second-order valence-corrected chi connectivity index (χ2v) is 2.19. The van der Waals surface area contributed by atoms with E-state index in [9.17, 15) is 0 Å². The van der Waals surface area contributed by atoms with Crippen LogP contribution < -0.4 is 0 Å². The van der Waals surface area contributed by atoms with Crippen LogP contribution in [0.5, 0.6) is 0 Å². The summed E-state index contributed by atoms with van der Waals surface area (Å²) in [6.45, 7) is 4.27. The second kappa shape index (κ2) is 4.99. The third kappa shape index (κ3) is 2.48. The molecule has 0 radical (unpaired) electrons. The minimum absolute atomic E-state index is 0. The normalized spacial score (nSPS) is 8.60. The van der Waals surface area contributed by atoms with Gasteiger partial charge in [-0.25, -0.2) is 0 Å². The van der Waals surface area contributed by atoms with Crippen LogP contribution in [0.1, 0.15) is 18.1 Å². The van der Waals surface area contributed by atoms with Gasteiger partial charge in [-0.3, -0.25) is 0 Å². The van der Waals surface area contributed by atoms with Crippen molar-refractivity contribution in [1.82, 2.24) is 0 Å². The van der Waals surface area contributed by atoms with Crippen molar-refractivity contribution in [2.75, 3.05) is 0 Å². The number of hydrogen-bond acceptors (Lipinski definition) is 0. The molecule has 1 aromatic rings. The summed E-state index contributed by atoms with van der Waals surface area (Å²) in [5.74, 6) is 0. The van der Waals surface area contributed by atoms with Crippen LogP contribution in [0.3, 0.4) is 0 Å². The average Bonchev–Trinajstić information content (AvgIpc) is 1.89. The first-order valence-corrected chi connectivity index (χ1v) is 3.30. The Morgan fingerprint density at radius 3 is 2.60 bits per heavy atom. The minimum atomic E-state index is 0. The molecule has 52 valence electrons. The molecule has 0 nitrogen and oxygen atoms in total. The van der Waals surface area contributed by atoms with Crippen LogP contribution in [0.15, 0.2) is 18.2 Å². The topological polar surface area (TPSA) is 0 Å². The third-order valence-corrected chi connectivity index (χ3v) is 1.53. The Hall–Kier alpha value is 0.272. The van der Waals surface area contributed by atoms with E-state index in [1.807, 2.05) is 12.1 Å². The Bertz CT molecular complexity index is 194. The fourth-order valence-corrected chi connectivity index (χ4v) is 0.936. The molecule has 10 heavy (non-hydrogen) atoms. The second-order valence-electron chi connectivity index (χ2n) is 2.19. The zero-order valence-corrected chi connectivity index (χ0v) is 10.6. The van der Waals surface area contributed by atoms with Crippen molar-refractivity contribution in [3.63, 3.8) is 0 Å². The molecule has 1 rings (SSSR count). The molecule has 0 bridgehead atoms. The standard InChI is InChI=1S/C9H11.U/c1-3-9-7-5-4-6-8(9)2;/h4-6H,3H2,1-2H3;/q-1;. The van der Waals surface area contributed by atoms with Crippen molar-refractivity contribution in [3.8, 4) is 0 Å². The largest absolute Gasteiger partial charge is 0.180 e. The fraction of sp³-hybridized carbons (Fsp3) is 0.333. The van der Waals surface area contributed by atoms with Crippen molar-refractivity contribution in [2.45, 2.75) is 20.3 Å². The van der Waals surface area contributed by atoms with Crippen LogP contribution in [0, 0.1) is 44.1 Å². The number of benzene rings is 1. The molecule has 0 saturated carbocycles. The molecule has 0 N–H and O–H groups in total. The first-order valence-electron chi connectivity index (χ1n) is 3.30. The van der Waals surface area contributed by atoms with Gasteiger partial charge in [0.15, 0.2) is 0 Å². The van der Waals surface area contributed by atoms with E-state index < -0.39 is 0 Å². The van der Waals surface area contributed by atoms with Gasteiger partial charge in [-0.05, 0) is 0 Å². The van der Waals surface area contributed by atoms with Crippen LogP contribution >= 0.6 is 0 Å². The number of rotatable bonds is 1. The summed E-state index contributed by atoms with van der Waals surface area (Å²) in [7, 11) is 0. The van der Waals surface area contributed by atoms with Gasteiger partial charge in [0.1, 0.15) is 0 Å². The molecule has 0 aliphatic rings. The van der Waals surface area contributed by atoms with Crippen LogP contribution in [0.25, 0.3) is 0 Å². The van der Waals surface area contributed by atoms with E-state index in [4.69, 9.17) is 0 Å². The van der Waals surface area contributed by atoms with Gasteiger partial charge in [0.25, 0.3) is 0 Å². The molecule has 0 amide bonds. The number of hydrogen-bond donors (Lipinski definition) is 0. The Morgan fingerprint density at radius 1 is 1.50 bits per heavy atom. The van der Waals surface area contributed by atoms with Crippen molar-refractivity contribution in [3.05, 3.63) is 35.4 Å². The summed E-state index contributed by atoms with van der Waals surface area (Å²) >= 11 is 0. The summed E-state index contributed by atoms with van der Waals surface area (Å²) in [4.78, 5) is 0. The smallest absolute Gasteiger partial charge is 0 e. The van der Waals surface area contributed by atoms with Gasteiger partial charge in [0.05, 0.1) is 0 Å². The maximum atomic E-state index is 3.19. The van der Waals surface area contributed by atoms with E-state index in [-0.39, 0.29) is 31.1 Å². The maximum Gasteiger partial charge on any atom is 0 e. The van der Waals surface area contributed by atoms with E-state index in [2.05, 4.69) is 26.0 Å².